The number of carboxylic acid groups (broad SMARTS) is 1. The van der Waals surface area contributed by atoms with E-state index in [2.05, 4.69) is 0 Å². The molecule has 0 bridgehead atoms. The molecular weight excluding hydrogens is 206 g/mol. The lowest BCUT2D eigenvalue weighted by Gasteiger charge is -1.96. The minimum Gasteiger partial charge on any atom is -0.478 e. The Morgan fingerprint density at radius 3 is 2.86 bits per heavy atom. The van der Waals surface area contributed by atoms with Crippen LogP contribution in [0.1, 0.15) is 10.4 Å². The van der Waals surface area contributed by atoms with Crippen LogP contribution >= 0.6 is 11.3 Å². The number of aromatic carboxylic acids is 1. The Hall–Kier alpha value is -1.82. The van der Waals surface area contributed by atoms with Crippen molar-refractivity contribution in [3.8, 4) is 0 Å². The molecule has 0 unspecified atom stereocenters. The van der Waals surface area contributed by atoms with Crippen molar-refractivity contribution in [1.29, 1.82) is 0 Å². The molecule has 2 rings (SSSR count). The van der Waals surface area contributed by atoms with E-state index in [0.717, 1.165) is 11.3 Å². The Bertz CT molecular complexity index is 568. The number of carbonyl (C=O) groups is 1. The average Bonchev–Trinajstić information content (AvgIpc) is 2.42. The Morgan fingerprint density at radius 2 is 2.21 bits per heavy atom. The summed E-state index contributed by atoms with van der Waals surface area (Å²) in [7, 11) is 0. The van der Waals surface area contributed by atoms with Crippen molar-refractivity contribution in [2.24, 2.45) is 0 Å². The van der Waals surface area contributed by atoms with E-state index in [1.54, 1.807) is 0 Å². The highest BCUT2D eigenvalue weighted by atomic mass is 32.1. The fourth-order valence-corrected chi connectivity index (χ4v) is 1.91. The van der Waals surface area contributed by atoms with E-state index in [1.165, 1.54) is 12.1 Å². The summed E-state index contributed by atoms with van der Waals surface area (Å²) in [4.78, 5) is 21.1. The summed E-state index contributed by atoms with van der Waals surface area (Å²) >= 11 is 0.757. The van der Waals surface area contributed by atoms with Crippen LogP contribution in [0, 0.1) is 0 Å². The maximum absolute atomic E-state index is 10.9. The van der Waals surface area contributed by atoms with E-state index >= 15 is 0 Å². The van der Waals surface area contributed by atoms with Crippen LogP contribution in [0.3, 0.4) is 0 Å². The number of nitrogen functional groups attached to an aromatic ring is 1. The van der Waals surface area contributed by atoms with Crippen molar-refractivity contribution in [1.82, 2.24) is 0 Å². The molecule has 1 heterocycles. The van der Waals surface area contributed by atoms with Gasteiger partial charge in [-0.05, 0) is 6.07 Å². The van der Waals surface area contributed by atoms with Crippen LogP contribution in [-0.4, -0.2) is 11.1 Å². The SMILES string of the molecule is Nc1cc(C(=O)O)c2sc(=O)oc2c1. The van der Waals surface area contributed by atoms with Crippen molar-refractivity contribution >= 4 is 33.3 Å². The summed E-state index contributed by atoms with van der Waals surface area (Å²) in [5.74, 6) is -1.13. The molecule has 2 aromatic rings. The van der Waals surface area contributed by atoms with Gasteiger partial charge in [0.2, 0.25) is 0 Å². The van der Waals surface area contributed by atoms with Gasteiger partial charge in [0, 0.05) is 11.8 Å². The molecule has 1 aromatic carbocycles. The summed E-state index contributed by atoms with van der Waals surface area (Å²) in [5, 5.41) is 8.82. The van der Waals surface area contributed by atoms with Gasteiger partial charge in [-0.2, -0.15) is 0 Å². The number of anilines is 1. The summed E-state index contributed by atoms with van der Waals surface area (Å²) in [5.41, 5.74) is 5.93. The lowest BCUT2D eigenvalue weighted by molar-refractivity contribution is 0.0699. The summed E-state index contributed by atoms with van der Waals surface area (Å²) in [6, 6.07) is 2.73. The third-order valence-electron chi connectivity index (χ3n) is 1.69. The minimum absolute atomic E-state index is 0.00384. The highest BCUT2D eigenvalue weighted by molar-refractivity contribution is 7.16. The average molecular weight is 211 g/mol. The molecule has 0 amide bonds. The monoisotopic (exact) mass is 211 g/mol. The number of fused-ring (bicyclic) bond motifs is 1. The topological polar surface area (TPSA) is 93.5 Å². The van der Waals surface area contributed by atoms with Crippen LogP contribution in [0.4, 0.5) is 5.69 Å². The smallest absolute Gasteiger partial charge is 0.396 e. The fourth-order valence-electron chi connectivity index (χ4n) is 1.16. The van der Waals surface area contributed by atoms with Crippen molar-refractivity contribution in [3.63, 3.8) is 0 Å². The van der Waals surface area contributed by atoms with E-state index in [0.29, 0.717) is 4.70 Å². The van der Waals surface area contributed by atoms with Gasteiger partial charge in [0.05, 0.1) is 10.3 Å². The van der Waals surface area contributed by atoms with Crippen LogP contribution in [0.15, 0.2) is 21.3 Å². The molecular formula is C8H5NO4S. The molecule has 14 heavy (non-hydrogen) atoms. The highest BCUT2D eigenvalue weighted by Gasteiger charge is 2.13. The van der Waals surface area contributed by atoms with Crippen LogP contribution < -0.4 is 10.7 Å². The van der Waals surface area contributed by atoms with Crippen molar-refractivity contribution < 1.29 is 14.3 Å². The molecule has 6 heteroatoms. The van der Waals surface area contributed by atoms with Gasteiger partial charge in [-0.15, -0.1) is 0 Å². The molecule has 0 saturated heterocycles. The minimum atomic E-state index is -1.13. The molecule has 0 atom stereocenters. The molecule has 1 aromatic heterocycles. The quantitative estimate of drug-likeness (QED) is 0.689. The second-order valence-corrected chi connectivity index (χ2v) is 3.60. The van der Waals surface area contributed by atoms with Gasteiger partial charge >= 0.3 is 10.9 Å². The molecule has 0 aliphatic carbocycles. The molecule has 0 spiro atoms. The van der Waals surface area contributed by atoms with Crippen LogP contribution in [-0.2, 0) is 0 Å². The number of hydrogen-bond donors (Lipinski definition) is 2. The molecule has 0 aliphatic heterocycles. The highest BCUT2D eigenvalue weighted by Crippen LogP contribution is 2.24. The molecule has 3 N–H and O–H groups in total. The zero-order valence-electron chi connectivity index (χ0n) is 6.81. The van der Waals surface area contributed by atoms with Gasteiger partial charge < -0.3 is 15.3 Å². The maximum atomic E-state index is 10.9. The largest absolute Gasteiger partial charge is 0.478 e. The molecule has 0 saturated carbocycles. The predicted molar refractivity (Wildman–Crippen MR) is 51.7 cm³/mol. The Balaban J connectivity index is 2.92. The molecule has 0 radical (unpaired) electrons. The van der Waals surface area contributed by atoms with E-state index in [4.69, 9.17) is 15.3 Å². The molecule has 5 nitrogen and oxygen atoms in total. The first-order valence-electron chi connectivity index (χ1n) is 3.64. The van der Waals surface area contributed by atoms with Crippen LogP contribution in [0.2, 0.25) is 0 Å². The van der Waals surface area contributed by atoms with Crippen LogP contribution in [0.25, 0.3) is 10.3 Å². The number of nitrogens with two attached hydrogens (primary N) is 1. The Morgan fingerprint density at radius 1 is 1.50 bits per heavy atom. The standard InChI is InChI=1S/C8H5NO4S/c9-3-1-4(7(10)11)6-5(2-3)13-8(12)14-6/h1-2H,9H2,(H,10,11). The van der Waals surface area contributed by atoms with E-state index in [9.17, 15) is 9.59 Å². The molecule has 0 aliphatic rings. The third-order valence-corrected chi connectivity index (χ3v) is 2.56. The number of rotatable bonds is 1. The van der Waals surface area contributed by atoms with Crippen molar-refractivity contribution in [3.05, 3.63) is 27.4 Å². The van der Waals surface area contributed by atoms with Gasteiger partial charge in [-0.3, -0.25) is 0 Å². The van der Waals surface area contributed by atoms with Crippen molar-refractivity contribution in [2.75, 3.05) is 5.73 Å². The van der Waals surface area contributed by atoms with E-state index in [-0.39, 0.29) is 16.8 Å². The fraction of sp³-hybridized carbons (Fsp3) is 0. The zero-order valence-corrected chi connectivity index (χ0v) is 7.63. The molecule has 72 valence electrons. The first-order valence-corrected chi connectivity index (χ1v) is 4.46. The van der Waals surface area contributed by atoms with Gasteiger partial charge in [0.15, 0.2) is 5.58 Å². The van der Waals surface area contributed by atoms with Crippen LogP contribution in [0.5, 0.6) is 0 Å². The van der Waals surface area contributed by atoms with Gasteiger partial charge in [-0.25, -0.2) is 9.59 Å². The summed E-state index contributed by atoms with van der Waals surface area (Å²) in [6.45, 7) is 0. The Labute approximate surface area is 81.4 Å². The first kappa shape index (κ1) is 8.76. The number of benzene rings is 1. The van der Waals surface area contributed by atoms with Crippen molar-refractivity contribution in [2.45, 2.75) is 0 Å². The lowest BCUT2D eigenvalue weighted by Crippen LogP contribution is -1.97. The normalized spacial score (nSPS) is 10.6. The molecule has 0 fully saturated rings. The van der Waals surface area contributed by atoms with E-state index < -0.39 is 10.9 Å². The van der Waals surface area contributed by atoms with E-state index in [1.807, 2.05) is 0 Å². The lowest BCUT2D eigenvalue weighted by atomic mass is 10.2. The van der Waals surface area contributed by atoms with Gasteiger partial charge in [0.1, 0.15) is 0 Å². The summed E-state index contributed by atoms with van der Waals surface area (Å²) in [6.07, 6.45) is 0. The predicted octanol–water partition coefficient (Wildman–Crippen LogP) is 1.13. The number of carboxylic acids is 1. The number of hydrogen-bond acceptors (Lipinski definition) is 5. The first-order chi connectivity index (χ1) is 6.58. The summed E-state index contributed by atoms with van der Waals surface area (Å²) < 4.78 is 5.08. The Kier molecular flexibility index (Phi) is 1.78. The second-order valence-electron chi connectivity index (χ2n) is 2.66. The zero-order chi connectivity index (χ0) is 10.3. The maximum Gasteiger partial charge on any atom is 0.396 e. The second kappa shape index (κ2) is 2.85. The van der Waals surface area contributed by atoms with Gasteiger partial charge in [-0.1, -0.05) is 11.3 Å². The van der Waals surface area contributed by atoms with Gasteiger partial charge in [0.25, 0.3) is 0 Å². The third kappa shape index (κ3) is 1.25.